The quantitative estimate of drug-likeness (QED) is 0.779. The lowest BCUT2D eigenvalue weighted by Crippen LogP contribution is -2.31. The number of halogens is 1. The average Bonchev–Trinajstić information content (AvgIpc) is 2.03. The Bertz CT molecular complexity index is 284. The molecule has 1 rings (SSSR count). The van der Waals surface area contributed by atoms with E-state index in [2.05, 4.69) is 0 Å². The van der Waals surface area contributed by atoms with Gasteiger partial charge >= 0.3 is 0 Å². The fourth-order valence-electron chi connectivity index (χ4n) is 1.14. The Labute approximate surface area is 82.8 Å². The molecule has 2 nitrogen and oxygen atoms in total. The molecule has 0 amide bonds. The van der Waals surface area contributed by atoms with Crippen molar-refractivity contribution in [1.29, 1.82) is 0 Å². The standard InChI is InChI=1S/C10H13ClO2/c1-10(13,7-12)6-8-3-2-4-9(11)5-8/h2-5,12-13H,6-7H2,1H3. The molecular weight excluding hydrogens is 188 g/mol. The molecule has 1 unspecified atom stereocenters. The fourth-order valence-corrected chi connectivity index (χ4v) is 1.36. The maximum atomic E-state index is 9.57. The van der Waals surface area contributed by atoms with Crippen LogP contribution in [0.15, 0.2) is 24.3 Å². The van der Waals surface area contributed by atoms with E-state index in [0.717, 1.165) is 5.56 Å². The molecular formula is C10H13ClO2. The van der Waals surface area contributed by atoms with Gasteiger partial charge in [-0.3, -0.25) is 0 Å². The van der Waals surface area contributed by atoms with Gasteiger partial charge in [-0.25, -0.2) is 0 Å². The van der Waals surface area contributed by atoms with Crippen molar-refractivity contribution in [3.8, 4) is 0 Å². The normalized spacial score (nSPS) is 15.4. The molecule has 13 heavy (non-hydrogen) atoms. The van der Waals surface area contributed by atoms with E-state index in [4.69, 9.17) is 16.7 Å². The monoisotopic (exact) mass is 200 g/mol. The predicted molar refractivity (Wildman–Crippen MR) is 52.9 cm³/mol. The summed E-state index contributed by atoms with van der Waals surface area (Å²) < 4.78 is 0. The van der Waals surface area contributed by atoms with Gasteiger partial charge < -0.3 is 10.2 Å². The molecule has 0 spiro atoms. The van der Waals surface area contributed by atoms with Crippen molar-refractivity contribution < 1.29 is 10.2 Å². The summed E-state index contributed by atoms with van der Waals surface area (Å²) in [5.74, 6) is 0. The van der Waals surface area contributed by atoms with Gasteiger partial charge in [0.2, 0.25) is 0 Å². The number of hydrogen-bond donors (Lipinski definition) is 2. The lowest BCUT2D eigenvalue weighted by molar-refractivity contribution is 0.00232. The molecule has 0 aromatic heterocycles. The van der Waals surface area contributed by atoms with E-state index in [9.17, 15) is 5.11 Å². The van der Waals surface area contributed by atoms with Gasteiger partial charge in [-0.15, -0.1) is 0 Å². The van der Waals surface area contributed by atoms with Crippen LogP contribution in [0.2, 0.25) is 5.02 Å². The van der Waals surface area contributed by atoms with Crippen molar-refractivity contribution in [2.45, 2.75) is 18.9 Å². The fraction of sp³-hybridized carbons (Fsp3) is 0.400. The SMILES string of the molecule is CC(O)(CO)Cc1cccc(Cl)c1. The minimum absolute atomic E-state index is 0.250. The van der Waals surface area contributed by atoms with Gasteiger partial charge in [0.15, 0.2) is 0 Å². The molecule has 0 aliphatic carbocycles. The van der Waals surface area contributed by atoms with Crippen LogP contribution >= 0.6 is 11.6 Å². The Morgan fingerprint density at radius 2 is 2.15 bits per heavy atom. The van der Waals surface area contributed by atoms with Crippen molar-refractivity contribution in [2.24, 2.45) is 0 Å². The highest BCUT2D eigenvalue weighted by Gasteiger charge is 2.19. The first-order chi connectivity index (χ1) is 6.03. The Hall–Kier alpha value is -0.570. The molecule has 0 radical (unpaired) electrons. The van der Waals surface area contributed by atoms with E-state index in [1.807, 2.05) is 12.1 Å². The minimum Gasteiger partial charge on any atom is -0.393 e. The molecule has 0 aliphatic rings. The van der Waals surface area contributed by atoms with Gasteiger partial charge in [-0.1, -0.05) is 23.7 Å². The first-order valence-electron chi connectivity index (χ1n) is 4.11. The van der Waals surface area contributed by atoms with E-state index in [-0.39, 0.29) is 6.61 Å². The van der Waals surface area contributed by atoms with E-state index < -0.39 is 5.60 Å². The van der Waals surface area contributed by atoms with Crippen molar-refractivity contribution in [3.63, 3.8) is 0 Å². The average molecular weight is 201 g/mol. The number of rotatable bonds is 3. The first-order valence-corrected chi connectivity index (χ1v) is 4.49. The summed E-state index contributed by atoms with van der Waals surface area (Å²) in [7, 11) is 0. The molecule has 72 valence electrons. The minimum atomic E-state index is -1.06. The van der Waals surface area contributed by atoms with E-state index in [1.165, 1.54) is 0 Å². The van der Waals surface area contributed by atoms with Gasteiger partial charge in [-0.2, -0.15) is 0 Å². The summed E-state index contributed by atoms with van der Waals surface area (Å²) >= 11 is 5.77. The lowest BCUT2D eigenvalue weighted by atomic mass is 9.98. The third kappa shape index (κ3) is 3.35. The topological polar surface area (TPSA) is 40.5 Å². The van der Waals surface area contributed by atoms with Gasteiger partial charge in [-0.05, 0) is 24.6 Å². The zero-order valence-corrected chi connectivity index (χ0v) is 8.25. The molecule has 0 heterocycles. The molecule has 1 aromatic rings. The molecule has 2 N–H and O–H groups in total. The largest absolute Gasteiger partial charge is 0.393 e. The van der Waals surface area contributed by atoms with E-state index >= 15 is 0 Å². The van der Waals surface area contributed by atoms with Crippen molar-refractivity contribution in [3.05, 3.63) is 34.9 Å². The van der Waals surface area contributed by atoms with E-state index in [0.29, 0.717) is 11.4 Å². The smallest absolute Gasteiger partial charge is 0.0889 e. The molecule has 0 saturated carbocycles. The highest BCUT2D eigenvalue weighted by Crippen LogP contribution is 2.16. The lowest BCUT2D eigenvalue weighted by Gasteiger charge is -2.20. The molecule has 0 aliphatic heterocycles. The Balaban J connectivity index is 2.74. The molecule has 3 heteroatoms. The number of hydrogen-bond acceptors (Lipinski definition) is 2. The van der Waals surface area contributed by atoms with Gasteiger partial charge in [0.1, 0.15) is 0 Å². The molecule has 0 fully saturated rings. The molecule has 0 saturated heterocycles. The Morgan fingerprint density at radius 1 is 1.46 bits per heavy atom. The summed E-state index contributed by atoms with van der Waals surface area (Å²) in [5, 5.41) is 19.1. The highest BCUT2D eigenvalue weighted by molar-refractivity contribution is 6.30. The Kier molecular flexibility index (Phi) is 3.31. The molecule has 0 bridgehead atoms. The third-order valence-electron chi connectivity index (χ3n) is 1.81. The second-order valence-electron chi connectivity index (χ2n) is 3.46. The van der Waals surface area contributed by atoms with Crippen LogP contribution in [0.4, 0.5) is 0 Å². The third-order valence-corrected chi connectivity index (χ3v) is 2.05. The summed E-state index contributed by atoms with van der Waals surface area (Å²) in [5.41, 5.74) is -0.142. The summed E-state index contributed by atoms with van der Waals surface area (Å²) in [6, 6.07) is 7.26. The van der Waals surface area contributed by atoms with Crippen LogP contribution in [0.3, 0.4) is 0 Å². The van der Waals surface area contributed by atoms with Crippen LogP contribution < -0.4 is 0 Å². The predicted octanol–water partition coefficient (Wildman–Crippen LogP) is 1.63. The van der Waals surface area contributed by atoms with Crippen LogP contribution in [0.25, 0.3) is 0 Å². The zero-order valence-electron chi connectivity index (χ0n) is 7.50. The van der Waals surface area contributed by atoms with Gasteiger partial charge in [0, 0.05) is 11.4 Å². The van der Waals surface area contributed by atoms with Crippen LogP contribution in [0, 0.1) is 0 Å². The number of aliphatic hydroxyl groups excluding tert-OH is 1. The van der Waals surface area contributed by atoms with Crippen LogP contribution in [-0.4, -0.2) is 22.4 Å². The second-order valence-corrected chi connectivity index (χ2v) is 3.90. The van der Waals surface area contributed by atoms with Crippen LogP contribution in [0.1, 0.15) is 12.5 Å². The van der Waals surface area contributed by atoms with Crippen LogP contribution in [-0.2, 0) is 6.42 Å². The molecule has 1 atom stereocenters. The van der Waals surface area contributed by atoms with Crippen molar-refractivity contribution >= 4 is 11.6 Å². The van der Waals surface area contributed by atoms with Crippen LogP contribution in [0.5, 0.6) is 0 Å². The van der Waals surface area contributed by atoms with Crippen molar-refractivity contribution in [1.82, 2.24) is 0 Å². The number of aliphatic hydroxyl groups is 2. The summed E-state index contributed by atoms with van der Waals surface area (Å²) in [4.78, 5) is 0. The maximum absolute atomic E-state index is 9.57. The van der Waals surface area contributed by atoms with E-state index in [1.54, 1.807) is 19.1 Å². The van der Waals surface area contributed by atoms with Crippen molar-refractivity contribution in [2.75, 3.05) is 6.61 Å². The zero-order chi connectivity index (χ0) is 9.90. The highest BCUT2D eigenvalue weighted by atomic mass is 35.5. The maximum Gasteiger partial charge on any atom is 0.0889 e. The Morgan fingerprint density at radius 3 is 2.69 bits per heavy atom. The van der Waals surface area contributed by atoms with Gasteiger partial charge in [0.25, 0.3) is 0 Å². The van der Waals surface area contributed by atoms with Gasteiger partial charge in [0.05, 0.1) is 12.2 Å². The summed E-state index contributed by atoms with van der Waals surface area (Å²) in [6.45, 7) is 1.34. The summed E-state index contributed by atoms with van der Waals surface area (Å²) in [6.07, 6.45) is 0.407. The number of benzene rings is 1. The second kappa shape index (κ2) is 4.09. The molecule has 1 aromatic carbocycles. The first kappa shape index (κ1) is 10.5.